The molecule has 1 saturated heterocycles. The number of hydrogen-bond donors (Lipinski definition) is 1. The highest BCUT2D eigenvalue weighted by Gasteiger charge is 2.22. The Bertz CT molecular complexity index is 687. The molecule has 142 valence electrons. The smallest absolute Gasteiger partial charge is 0.246 e. The first-order valence-corrected chi connectivity index (χ1v) is 9.70. The van der Waals surface area contributed by atoms with Crippen LogP contribution in [0.15, 0.2) is 28.7 Å². The van der Waals surface area contributed by atoms with E-state index in [0.717, 1.165) is 10.0 Å². The number of nitrogens with zero attached hydrogens (tertiary/aromatic N) is 2. The molecule has 1 heterocycles. The van der Waals surface area contributed by atoms with Crippen LogP contribution in [0.25, 0.3) is 6.08 Å². The zero-order valence-corrected chi connectivity index (χ0v) is 17.6. The number of halogens is 1. The number of benzene rings is 1. The number of rotatable bonds is 4. The summed E-state index contributed by atoms with van der Waals surface area (Å²) >= 11 is 3.52. The topological polar surface area (TPSA) is 52.7 Å². The number of amides is 2. The highest BCUT2D eigenvalue weighted by Crippen LogP contribution is 2.19. The Hall–Kier alpha value is -1.66. The van der Waals surface area contributed by atoms with Crippen molar-refractivity contribution < 1.29 is 9.59 Å². The molecule has 0 spiro atoms. The quantitative estimate of drug-likeness (QED) is 0.760. The van der Waals surface area contributed by atoms with Crippen molar-refractivity contribution in [3.8, 4) is 0 Å². The summed E-state index contributed by atoms with van der Waals surface area (Å²) in [5.41, 5.74) is 1.94. The lowest BCUT2D eigenvalue weighted by Gasteiger charge is -2.34. The molecule has 0 bridgehead atoms. The normalized spacial score (nSPS) is 16.1. The van der Waals surface area contributed by atoms with Crippen molar-refractivity contribution in [1.29, 1.82) is 0 Å². The van der Waals surface area contributed by atoms with Crippen LogP contribution in [0.2, 0.25) is 0 Å². The van der Waals surface area contributed by atoms with Gasteiger partial charge in [-0.15, -0.1) is 0 Å². The molecule has 0 atom stereocenters. The first-order valence-electron chi connectivity index (χ1n) is 8.90. The predicted molar refractivity (Wildman–Crippen MR) is 109 cm³/mol. The Morgan fingerprint density at radius 2 is 1.85 bits per heavy atom. The molecule has 6 heteroatoms. The van der Waals surface area contributed by atoms with Gasteiger partial charge in [-0.25, -0.2) is 0 Å². The summed E-state index contributed by atoms with van der Waals surface area (Å²) in [5, 5.41) is 2.97. The second-order valence-electron chi connectivity index (χ2n) is 7.76. The molecule has 0 aliphatic carbocycles. The molecular formula is C20H28BrN3O2. The fraction of sp³-hybridized carbons (Fsp3) is 0.500. The lowest BCUT2D eigenvalue weighted by Crippen LogP contribution is -2.52. The molecule has 1 aromatic rings. The predicted octanol–water partition coefficient (Wildman–Crippen LogP) is 2.83. The third-order valence-electron chi connectivity index (χ3n) is 4.13. The fourth-order valence-electron chi connectivity index (χ4n) is 2.82. The average molecular weight is 422 g/mol. The number of piperazine rings is 1. The van der Waals surface area contributed by atoms with Gasteiger partial charge in [0.05, 0.1) is 6.54 Å². The summed E-state index contributed by atoms with van der Waals surface area (Å²) in [7, 11) is 0. The largest absolute Gasteiger partial charge is 0.350 e. The van der Waals surface area contributed by atoms with Gasteiger partial charge in [-0.2, -0.15) is 0 Å². The van der Waals surface area contributed by atoms with E-state index in [0.29, 0.717) is 32.7 Å². The van der Waals surface area contributed by atoms with E-state index in [-0.39, 0.29) is 17.4 Å². The van der Waals surface area contributed by atoms with Crippen LogP contribution in [0.5, 0.6) is 0 Å². The molecular weight excluding hydrogens is 394 g/mol. The minimum absolute atomic E-state index is 0.0104. The molecule has 2 rings (SSSR count). The van der Waals surface area contributed by atoms with E-state index in [9.17, 15) is 9.59 Å². The highest BCUT2D eigenvalue weighted by atomic mass is 79.9. The maximum atomic E-state index is 12.4. The maximum Gasteiger partial charge on any atom is 0.246 e. The van der Waals surface area contributed by atoms with Crippen LogP contribution in [0.3, 0.4) is 0 Å². The molecule has 1 aliphatic rings. The van der Waals surface area contributed by atoms with Crippen molar-refractivity contribution >= 4 is 33.8 Å². The van der Waals surface area contributed by atoms with Crippen molar-refractivity contribution in [2.75, 3.05) is 32.7 Å². The summed E-state index contributed by atoms with van der Waals surface area (Å²) in [6, 6.07) is 6.05. The van der Waals surface area contributed by atoms with Crippen molar-refractivity contribution in [3.63, 3.8) is 0 Å². The van der Waals surface area contributed by atoms with Gasteiger partial charge in [0.25, 0.3) is 0 Å². The third-order valence-corrected chi connectivity index (χ3v) is 4.81. The molecule has 1 aliphatic heterocycles. The van der Waals surface area contributed by atoms with E-state index in [4.69, 9.17) is 0 Å². The van der Waals surface area contributed by atoms with Gasteiger partial charge < -0.3 is 10.2 Å². The molecule has 0 radical (unpaired) electrons. The van der Waals surface area contributed by atoms with Crippen molar-refractivity contribution in [2.24, 2.45) is 0 Å². The molecule has 26 heavy (non-hydrogen) atoms. The summed E-state index contributed by atoms with van der Waals surface area (Å²) in [5.74, 6) is 0.0395. The molecule has 1 aromatic carbocycles. The number of nitrogens with one attached hydrogen (secondary N) is 1. The van der Waals surface area contributed by atoms with Gasteiger partial charge in [0.1, 0.15) is 0 Å². The standard InChI is InChI=1S/C20H28BrN3O2/c1-15-5-6-16(17(21)13-15)7-8-19(26)24-11-9-23(10-12-24)14-18(25)22-20(2,3)4/h5-8,13H,9-12,14H2,1-4H3,(H,22,25)/b8-7+. The number of carbonyl (C=O) groups is 2. The van der Waals surface area contributed by atoms with E-state index >= 15 is 0 Å². The first-order chi connectivity index (χ1) is 12.1. The van der Waals surface area contributed by atoms with Gasteiger partial charge in [0, 0.05) is 42.3 Å². The minimum Gasteiger partial charge on any atom is -0.350 e. The lowest BCUT2D eigenvalue weighted by atomic mass is 10.1. The summed E-state index contributed by atoms with van der Waals surface area (Å²) in [6.07, 6.45) is 3.46. The van der Waals surface area contributed by atoms with E-state index in [1.165, 1.54) is 5.56 Å². The Balaban J connectivity index is 1.82. The molecule has 1 N–H and O–H groups in total. The first kappa shape index (κ1) is 20.6. The summed E-state index contributed by atoms with van der Waals surface area (Å²) in [6.45, 7) is 11.0. The van der Waals surface area contributed by atoms with E-state index in [2.05, 4.69) is 26.1 Å². The van der Waals surface area contributed by atoms with Crippen molar-refractivity contribution in [1.82, 2.24) is 15.1 Å². The van der Waals surface area contributed by atoms with Gasteiger partial charge in [0.2, 0.25) is 11.8 Å². The molecule has 5 nitrogen and oxygen atoms in total. The molecule has 2 amide bonds. The van der Waals surface area contributed by atoms with Crippen LogP contribution in [0.4, 0.5) is 0 Å². The zero-order valence-electron chi connectivity index (χ0n) is 16.0. The Labute approximate surface area is 164 Å². The Kier molecular flexibility index (Phi) is 7.01. The van der Waals surface area contributed by atoms with Crippen LogP contribution in [-0.4, -0.2) is 59.9 Å². The van der Waals surface area contributed by atoms with Gasteiger partial charge in [0.15, 0.2) is 0 Å². The third kappa shape index (κ3) is 6.57. The van der Waals surface area contributed by atoms with Gasteiger partial charge in [-0.3, -0.25) is 14.5 Å². The zero-order chi connectivity index (χ0) is 19.3. The van der Waals surface area contributed by atoms with E-state index in [1.807, 2.05) is 56.9 Å². The average Bonchev–Trinajstić information content (AvgIpc) is 2.52. The Morgan fingerprint density at radius 1 is 1.19 bits per heavy atom. The minimum atomic E-state index is -0.218. The monoisotopic (exact) mass is 421 g/mol. The fourth-order valence-corrected chi connectivity index (χ4v) is 3.45. The maximum absolute atomic E-state index is 12.4. The van der Waals surface area contributed by atoms with Crippen molar-refractivity contribution in [3.05, 3.63) is 39.9 Å². The van der Waals surface area contributed by atoms with Crippen LogP contribution in [-0.2, 0) is 9.59 Å². The Morgan fingerprint density at radius 3 is 2.42 bits per heavy atom. The number of hydrogen-bond acceptors (Lipinski definition) is 3. The second-order valence-corrected chi connectivity index (χ2v) is 8.61. The van der Waals surface area contributed by atoms with E-state index < -0.39 is 0 Å². The van der Waals surface area contributed by atoms with Gasteiger partial charge in [-0.05, 0) is 51.0 Å². The van der Waals surface area contributed by atoms with Crippen LogP contribution >= 0.6 is 15.9 Å². The molecule has 0 aromatic heterocycles. The SMILES string of the molecule is Cc1ccc(/C=C/C(=O)N2CCN(CC(=O)NC(C)(C)C)CC2)c(Br)c1. The van der Waals surface area contributed by atoms with Crippen molar-refractivity contribution in [2.45, 2.75) is 33.2 Å². The van der Waals surface area contributed by atoms with Crippen LogP contribution in [0.1, 0.15) is 31.9 Å². The molecule has 0 unspecified atom stereocenters. The van der Waals surface area contributed by atoms with Gasteiger partial charge in [-0.1, -0.05) is 28.1 Å². The lowest BCUT2D eigenvalue weighted by molar-refractivity contribution is -0.128. The highest BCUT2D eigenvalue weighted by molar-refractivity contribution is 9.10. The number of aryl methyl sites for hydroxylation is 1. The summed E-state index contributed by atoms with van der Waals surface area (Å²) in [4.78, 5) is 28.3. The summed E-state index contributed by atoms with van der Waals surface area (Å²) < 4.78 is 0.983. The van der Waals surface area contributed by atoms with Crippen LogP contribution in [0, 0.1) is 6.92 Å². The molecule has 1 fully saturated rings. The molecule has 0 saturated carbocycles. The number of carbonyl (C=O) groups excluding carboxylic acids is 2. The van der Waals surface area contributed by atoms with Crippen LogP contribution < -0.4 is 5.32 Å². The van der Waals surface area contributed by atoms with E-state index in [1.54, 1.807) is 6.08 Å². The second kappa shape index (κ2) is 8.82. The van der Waals surface area contributed by atoms with Gasteiger partial charge >= 0.3 is 0 Å².